The van der Waals surface area contributed by atoms with E-state index in [2.05, 4.69) is 0 Å². The highest BCUT2D eigenvalue weighted by Crippen LogP contribution is 2.11. The third-order valence-electron chi connectivity index (χ3n) is 2.02. The van der Waals surface area contributed by atoms with E-state index in [1.807, 2.05) is 0 Å². The SMILES string of the molecule is CS(=O)(=O)/C=C/CCN1C(=O)CCC1=O. The lowest BCUT2D eigenvalue weighted by molar-refractivity contribution is -0.138. The van der Waals surface area contributed by atoms with Gasteiger partial charge in [-0.1, -0.05) is 6.08 Å². The molecule has 0 saturated carbocycles. The molecule has 0 aliphatic carbocycles. The summed E-state index contributed by atoms with van der Waals surface area (Å²) in [5.74, 6) is -0.347. The van der Waals surface area contributed by atoms with E-state index in [-0.39, 0.29) is 31.2 Å². The summed E-state index contributed by atoms with van der Waals surface area (Å²) >= 11 is 0. The first-order valence-corrected chi connectivity index (χ1v) is 6.55. The molecule has 15 heavy (non-hydrogen) atoms. The molecule has 84 valence electrons. The average molecular weight is 231 g/mol. The van der Waals surface area contributed by atoms with Crippen LogP contribution in [0.1, 0.15) is 19.3 Å². The standard InChI is InChI=1S/C9H13NO4S/c1-15(13,14)7-3-2-6-10-8(11)4-5-9(10)12/h3,7H,2,4-6H2,1H3/b7-3+. The average Bonchev–Trinajstić information content (AvgIpc) is 2.40. The van der Waals surface area contributed by atoms with Gasteiger partial charge in [-0.2, -0.15) is 0 Å². The minimum Gasteiger partial charge on any atom is -0.282 e. The van der Waals surface area contributed by atoms with Crippen molar-refractivity contribution in [2.75, 3.05) is 12.8 Å². The summed E-state index contributed by atoms with van der Waals surface area (Å²) in [5.41, 5.74) is 0. The molecule has 0 unspecified atom stereocenters. The Bertz CT molecular complexity index is 380. The summed E-state index contributed by atoms with van der Waals surface area (Å²) in [5, 5.41) is 1.08. The highest BCUT2D eigenvalue weighted by molar-refractivity contribution is 7.93. The molecular weight excluding hydrogens is 218 g/mol. The number of carbonyl (C=O) groups excluding carboxylic acids is 2. The monoisotopic (exact) mass is 231 g/mol. The van der Waals surface area contributed by atoms with Gasteiger partial charge < -0.3 is 0 Å². The second kappa shape index (κ2) is 4.57. The molecule has 1 aliphatic heterocycles. The van der Waals surface area contributed by atoms with E-state index < -0.39 is 9.84 Å². The molecule has 1 rings (SSSR count). The van der Waals surface area contributed by atoms with Gasteiger partial charge in [0.15, 0.2) is 9.84 Å². The Balaban J connectivity index is 2.41. The fourth-order valence-electron chi connectivity index (χ4n) is 1.32. The van der Waals surface area contributed by atoms with Crippen molar-refractivity contribution in [2.45, 2.75) is 19.3 Å². The number of amides is 2. The maximum atomic E-state index is 11.1. The van der Waals surface area contributed by atoms with Crippen molar-refractivity contribution >= 4 is 21.7 Å². The Morgan fingerprint density at radius 3 is 2.27 bits per heavy atom. The minimum absolute atomic E-state index is 0.173. The van der Waals surface area contributed by atoms with Crippen LogP contribution in [-0.4, -0.2) is 37.9 Å². The second-order valence-corrected chi connectivity index (χ2v) is 5.36. The van der Waals surface area contributed by atoms with Crippen LogP contribution in [0.5, 0.6) is 0 Å². The molecular formula is C9H13NO4S. The third-order valence-corrected chi connectivity index (χ3v) is 2.70. The summed E-state index contributed by atoms with van der Waals surface area (Å²) in [6, 6.07) is 0. The van der Waals surface area contributed by atoms with Gasteiger partial charge in [-0.05, 0) is 6.42 Å². The Morgan fingerprint density at radius 1 is 1.27 bits per heavy atom. The van der Waals surface area contributed by atoms with Gasteiger partial charge in [0.05, 0.1) is 0 Å². The topological polar surface area (TPSA) is 71.5 Å². The fourth-order valence-corrected chi connectivity index (χ4v) is 1.80. The van der Waals surface area contributed by atoms with Crippen molar-refractivity contribution in [1.29, 1.82) is 0 Å². The first-order chi connectivity index (χ1) is 6.90. The lowest BCUT2D eigenvalue weighted by Gasteiger charge is -2.11. The van der Waals surface area contributed by atoms with Gasteiger partial charge in [0.2, 0.25) is 11.8 Å². The molecule has 0 spiro atoms. The predicted molar refractivity (Wildman–Crippen MR) is 54.6 cm³/mol. The second-order valence-electron chi connectivity index (χ2n) is 3.43. The van der Waals surface area contributed by atoms with E-state index in [9.17, 15) is 18.0 Å². The van der Waals surface area contributed by atoms with Gasteiger partial charge in [0.25, 0.3) is 0 Å². The van der Waals surface area contributed by atoms with E-state index in [1.165, 1.54) is 11.0 Å². The largest absolute Gasteiger partial charge is 0.282 e. The Morgan fingerprint density at radius 2 is 1.80 bits per heavy atom. The molecule has 2 amide bonds. The van der Waals surface area contributed by atoms with E-state index >= 15 is 0 Å². The first-order valence-electron chi connectivity index (χ1n) is 4.60. The quantitative estimate of drug-likeness (QED) is 0.642. The number of likely N-dealkylation sites (tertiary alicyclic amines) is 1. The molecule has 1 saturated heterocycles. The fraction of sp³-hybridized carbons (Fsp3) is 0.556. The number of hydrogen-bond donors (Lipinski definition) is 0. The van der Waals surface area contributed by atoms with Crippen LogP contribution in [0, 0.1) is 0 Å². The van der Waals surface area contributed by atoms with E-state index in [0.29, 0.717) is 6.42 Å². The Hall–Kier alpha value is -1.17. The van der Waals surface area contributed by atoms with Crippen molar-refractivity contribution in [3.63, 3.8) is 0 Å². The molecule has 1 heterocycles. The van der Waals surface area contributed by atoms with E-state index in [0.717, 1.165) is 11.7 Å². The zero-order chi connectivity index (χ0) is 11.5. The number of imide groups is 1. The zero-order valence-corrected chi connectivity index (χ0v) is 9.29. The van der Waals surface area contributed by atoms with Gasteiger partial charge in [-0.25, -0.2) is 8.42 Å². The molecule has 0 aromatic heterocycles. The summed E-state index contributed by atoms with van der Waals surface area (Å²) in [6.07, 6.45) is 3.47. The van der Waals surface area contributed by atoms with Gasteiger partial charge in [0.1, 0.15) is 0 Å². The summed E-state index contributed by atoms with van der Waals surface area (Å²) < 4.78 is 21.4. The molecule has 6 heteroatoms. The lowest BCUT2D eigenvalue weighted by atomic mass is 10.4. The number of rotatable bonds is 4. The molecule has 0 aromatic carbocycles. The molecule has 0 aromatic rings. The van der Waals surface area contributed by atoms with Crippen LogP contribution in [0.15, 0.2) is 11.5 Å². The van der Waals surface area contributed by atoms with Crippen molar-refractivity contribution in [1.82, 2.24) is 4.90 Å². The van der Waals surface area contributed by atoms with Crippen molar-refractivity contribution in [3.8, 4) is 0 Å². The van der Waals surface area contributed by atoms with Crippen LogP contribution in [0.3, 0.4) is 0 Å². The summed E-state index contributed by atoms with van der Waals surface area (Å²) in [7, 11) is -3.12. The number of hydrogen-bond acceptors (Lipinski definition) is 4. The van der Waals surface area contributed by atoms with Crippen LogP contribution in [0.25, 0.3) is 0 Å². The minimum atomic E-state index is -3.12. The number of carbonyl (C=O) groups is 2. The summed E-state index contributed by atoms with van der Waals surface area (Å²) in [6.45, 7) is 0.268. The van der Waals surface area contributed by atoms with Gasteiger partial charge in [-0.15, -0.1) is 0 Å². The zero-order valence-electron chi connectivity index (χ0n) is 8.47. The summed E-state index contributed by atoms with van der Waals surface area (Å²) in [4.78, 5) is 23.5. The molecule has 0 N–H and O–H groups in total. The van der Waals surface area contributed by atoms with Crippen molar-refractivity contribution < 1.29 is 18.0 Å². The van der Waals surface area contributed by atoms with Crippen LogP contribution >= 0.6 is 0 Å². The number of nitrogens with zero attached hydrogens (tertiary/aromatic N) is 1. The van der Waals surface area contributed by atoms with E-state index in [1.54, 1.807) is 0 Å². The van der Waals surface area contributed by atoms with Crippen molar-refractivity contribution in [3.05, 3.63) is 11.5 Å². The Kier molecular flexibility index (Phi) is 3.62. The van der Waals surface area contributed by atoms with Gasteiger partial charge in [0, 0.05) is 31.1 Å². The van der Waals surface area contributed by atoms with Crippen molar-refractivity contribution in [2.24, 2.45) is 0 Å². The van der Waals surface area contributed by atoms with Crippen LogP contribution in [-0.2, 0) is 19.4 Å². The predicted octanol–water partition coefficient (Wildman–Crippen LogP) is 0.0838. The molecule has 0 radical (unpaired) electrons. The number of sulfone groups is 1. The normalized spacial score (nSPS) is 18.1. The first kappa shape index (κ1) is 11.9. The molecule has 1 fully saturated rings. The van der Waals surface area contributed by atoms with E-state index in [4.69, 9.17) is 0 Å². The molecule has 0 bridgehead atoms. The maximum Gasteiger partial charge on any atom is 0.229 e. The van der Waals surface area contributed by atoms with Crippen LogP contribution in [0.4, 0.5) is 0 Å². The lowest BCUT2D eigenvalue weighted by Crippen LogP contribution is -2.29. The molecule has 5 nitrogen and oxygen atoms in total. The van der Waals surface area contributed by atoms with Gasteiger partial charge >= 0.3 is 0 Å². The smallest absolute Gasteiger partial charge is 0.229 e. The Labute approximate surface area is 88.7 Å². The van der Waals surface area contributed by atoms with Crippen LogP contribution < -0.4 is 0 Å². The maximum absolute atomic E-state index is 11.1. The van der Waals surface area contributed by atoms with Crippen LogP contribution in [0.2, 0.25) is 0 Å². The molecule has 0 atom stereocenters. The van der Waals surface area contributed by atoms with Gasteiger partial charge in [-0.3, -0.25) is 14.5 Å². The highest BCUT2D eigenvalue weighted by atomic mass is 32.2. The molecule has 1 aliphatic rings. The highest BCUT2D eigenvalue weighted by Gasteiger charge is 2.27. The third kappa shape index (κ3) is 3.83.